The lowest BCUT2D eigenvalue weighted by atomic mass is 9.93. The van der Waals surface area contributed by atoms with E-state index in [1.165, 1.54) is 11.1 Å². The van der Waals surface area contributed by atoms with E-state index in [1.807, 2.05) is 12.1 Å². The molecule has 1 saturated heterocycles. The van der Waals surface area contributed by atoms with E-state index < -0.39 is 0 Å². The van der Waals surface area contributed by atoms with Gasteiger partial charge in [0.15, 0.2) is 0 Å². The van der Waals surface area contributed by atoms with Gasteiger partial charge < -0.3 is 10.5 Å². The standard InChI is InChI=1S/C15H23ClN2O/c1-10(2)18-6-7-19-14(9-17)15(18)13-5-4-12(16)8-11(13)3/h4-5,8,10,14-15H,6-7,9,17H2,1-3H3. The molecule has 0 radical (unpaired) electrons. The molecule has 1 aliphatic rings. The van der Waals surface area contributed by atoms with E-state index in [-0.39, 0.29) is 12.1 Å². The van der Waals surface area contributed by atoms with E-state index in [0.29, 0.717) is 12.6 Å². The molecule has 1 aromatic carbocycles. The molecule has 3 nitrogen and oxygen atoms in total. The fourth-order valence-corrected chi connectivity index (χ4v) is 3.11. The summed E-state index contributed by atoms with van der Waals surface area (Å²) in [5.74, 6) is 0. The van der Waals surface area contributed by atoms with Gasteiger partial charge >= 0.3 is 0 Å². The van der Waals surface area contributed by atoms with Crippen molar-refractivity contribution < 1.29 is 4.74 Å². The normalized spacial score (nSPS) is 24.9. The Balaban J connectivity index is 2.39. The summed E-state index contributed by atoms with van der Waals surface area (Å²) in [6.07, 6.45) is 0.0519. The average molecular weight is 283 g/mol. The van der Waals surface area contributed by atoms with E-state index in [4.69, 9.17) is 22.1 Å². The number of rotatable bonds is 3. The van der Waals surface area contributed by atoms with Gasteiger partial charge in [0.25, 0.3) is 0 Å². The Hall–Kier alpha value is -0.610. The number of nitrogens with zero attached hydrogens (tertiary/aromatic N) is 1. The monoisotopic (exact) mass is 282 g/mol. The van der Waals surface area contributed by atoms with Crippen LogP contribution in [-0.4, -0.2) is 36.7 Å². The third-order valence-corrected chi connectivity index (χ3v) is 4.07. The predicted molar refractivity (Wildman–Crippen MR) is 79.6 cm³/mol. The minimum absolute atomic E-state index is 0.0519. The van der Waals surface area contributed by atoms with E-state index in [0.717, 1.165) is 18.2 Å². The summed E-state index contributed by atoms with van der Waals surface area (Å²) in [5, 5.41) is 0.776. The number of hydrogen-bond donors (Lipinski definition) is 1. The third kappa shape index (κ3) is 3.11. The van der Waals surface area contributed by atoms with Crippen molar-refractivity contribution in [1.82, 2.24) is 4.90 Å². The van der Waals surface area contributed by atoms with Gasteiger partial charge in [-0.1, -0.05) is 17.7 Å². The Labute approximate surface area is 120 Å². The molecule has 0 bridgehead atoms. The van der Waals surface area contributed by atoms with Crippen LogP contribution in [0.3, 0.4) is 0 Å². The molecule has 2 N–H and O–H groups in total. The van der Waals surface area contributed by atoms with E-state index in [1.54, 1.807) is 0 Å². The fourth-order valence-electron chi connectivity index (χ4n) is 2.88. The number of hydrogen-bond acceptors (Lipinski definition) is 3. The molecule has 106 valence electrons. The molecule has 0 aliphatic carbocycles. The molecule has 2 unspecified atom stereocenters. The van der Waals surface area contributed by atoms with Crippen LogP contribution in [0.1, 0.15) is 31.0 Å². The van der Waals surface area contributed by atoms with Gasteiger partial charge in [0.05, 0.1) is 18.8 Å². The number of aryl methyl sites for hydroxylation is 1. The SMILES string of the molecule is Cc1cc(Cl)ccc1C1C(CN)OCCN1C(C)C. The highest BCUT2D eigenvalue weighted by Gasteiger charge is 2.34. The van der Waals surface area contributed by atoms with Gasteiger partial charge in [-0.05, 0) is 44.0 Å². The molecule has 2 atom stereocenters. The zero-order chi connectivity index (χ0) is 14.0. The molecule has 2 rings (SSSR count). The summed E-state index contributed by atoms with van der Waals surface area (Å²) < 4.78 is 5.86. The first-order valence-corrected chi connectivity index (χ1v) is 7.26. The predicted octanol–water partition coefficient (Wildman–Crippen LogP) is 2.76. The van der Waals surface area contributed by atoms with Crippen molar-refractivity contribution in [2.75, 3.05) is 19.7 Å². The number of morpholine rings is 1. The molecular formula is C15H23ClN2O. The topological polar surface area (TPSA) is 38.5 Å². The second-order valence-electron chi connectivity index (χ2n) is 5.42. The molecule has 1 aromatic rings. The second-order valence-corrected chi connectivity index (χ2v) is 5.86. The number of nitrogens with two attached hydrogens (primary N) is 1. The molecular weight excluding hydrogens is 260 g/mol. The van der Waals surface area contributed by atoms with Gasteiger partial charge in [-0.2, -0.15) is 0 Å². The van der Waals surface area contributed by atoms with Crippen LogP contribution in [0.25, 0.3) is 0 Å². The summed E-state index contributed by atoms with van der Waals surface area (Å²) >= 11 is 6.06. The maximum Gasteiger partial charge on any atom is 0.0894 e. The van der Waals surface area contributed by atoms with Gasteiger partial charge in [0.1, 0.15) is 0 Å². The third-order valence-electron chi connectivity index (χ3n) is 3.84. The molecule has 1 heterocycles. The molecule has 1 fully saturated rings. The highest BCUT2D eigenvalue weighted by atomic mass is 35.5. The number of halogens is 1. The van der Waals surface area contributed by atoms with Crippen molar-refractivity contribution in [3.05, 3.63) is 34.3 Å². The van der Waals surface area contributed by atoms with Gasteiger partial charge in [-0.25, -0.2) is 0 Å². The lowest BCUT2D eigenvalue weighted by Crippen LogP contribution is -2.50. The zero-order valence-corrected chi connectivity index (χ0v) is 12.7. The quantitative estimate of drug-likeness (QED) is 0.926. The first-order valence-electron chi connectivity index (χ1n) is 6.88. The van der Waals surface area contributed by atoms with Crippen LogP contribution in [-0.2, 0) is 4.74 Å². The minimum Gasteiger partial charge on any atom is -0.374 e. The van der Waals surface area contributed by atoms with E-state index in [9.17, 15) is 0 Å². The Morgan fingerprint density at radius 1 is 1.47 bits per heavy atom. The summed E-state index contributed by atoms with van der Waals surface area (Å²) in [6, 6.07) is 6.76. The summed E-state index contributed by atoms with van der Waals surface area (Å²) in [5.41, 5.74) is 8.37. The maximum atomic E-state index is 6.06. The first-order chi connectivity index (χ1) is 9.04. The Morgan fingerprint density at radius 3 is 2.79 bits per heavy atom. The van der Waals surface area contributed by atoms with Crippen LogP contribution >= 0.6 is 11.6 Å². The van der Waals surface area contributed by atoms with Crippen molar-refractivity contribution in [1.29, 1.82) is 0 Å². The molecule has 0 saturated carbocycles. The van der Waals surface area contributed by atoms with Gasteiger partial charge in [0.2, 0.25) is 0 Å². The van der Waals surface area contributed by atoms with Crippen LogP contribution in [0.4, 0.5) is 0 Å². The number of benzene rings is 1. The van der Waals surface area contributed by atoms with Crippen molar-refractivity contribution in [2.45, 2.75) is 39.0 Å². The molecule has 0 spiro atoms. The lowest BCUT2D eigenvalue weighted by Gasteiger charge is -2.44. The highest BCUT2D eigenvalue weighted by Crippen LogP contribution is 2.33. The van der Waals surface area contributed by atoms with Crippen LogP contribution in [0.2, 0.25) is 5.02 Å². The Kier molecular flexibility index (Phi) is 4.85. The average Bonchev–Trinajstić information content (AvgIpc) is 2.38. The van der Waals surface area contributed by atoms with Gasteiger partial charge in [0, 0.05) is 24.2 Å². The largest absolute Gasteiger partial charge is 0.374 e. The molecule has 0 aromatic heterocycles. The molecule has 19 heavy (non-hydrogen) atoms. The van der Waals surface area contributed by atoms with Crippen LogP contribution < -0.4 is 5.73 Å². The minimum atomic E-state index is 0.0519. The first kappa shape index (κ1) is 14.8. The molecule has 0 amide bonds. The van der Waals surface area contributed by atoms with Crippen molar-refractivity contribution in [3.8, 4) is 0 Å². The second kappa shape index (κ2) is 6.23. The Bertz CT molecular complexity index is 436. The van der Waals surface area contributed by atoms with Crippen molar-refractivity contribution in [2.24, 2.45) is 5.73 Å². The summed E-state index contributed by atoms with van der Waals surface area (Å²) in [7, 11) is 0. The van der Waals surface area contributed by atoms with Crippen molar-refractivity contribution in [3.63, 3.8) is 0 Å². The highest BCUT2D eigenvalue weighted by molar-refractivity contribution is 6.30. The Morgan fingerprint density at radius 2 is 2.21 bits per heavy atom. The van der Waals surface area contributed by atoms with Crippen LogP contribution in [0, 0.1) is 6.92 Å². The number of ether oxygens (including phenoxy) is 1. The maximum absolute atomic E-state index is 6.06. The van der Waals surface area contributed by atoms with Crippen molar-refractivity contribution >= 4 is 11.6 Å². The van der Waals surface area contributed by atoms with E-state index >= 15 is 0 Å². The van der Waals surface area contributed by atoms with E-state index in [2.05, 4.69) is 31.7 Å². The van der Waals surface area contributed by atoms with Crippen LogP contribution in [0.5, 0.6) is 0 Å². The summed E-state index contributed by atoms with van der Waals surface area (Å²) in [6.45, 7) is 8.77. The summed E-state index contributed by atoms with van der Waals surface area (Å²) in [4.78, 5) is 2.47. The van der Waals surface area contributed by atoms with Crippen LogP contribution in [0.15, 0.2) is 18.2 Å². The smallest absolute Gasteiger partial charge is 0.0894 e. The molecule has 4 heteroatoms. The molecule has 1 aliphatic heterocycles. The van der Waals surface area contributed by atoms with Gasteiger partial charge in [-0.3, -0.25) is 4.90 Å². The van der Waals surface area contributed by atoms with Gasteiger partial charge in [-0.15, -0.1) is 0 Å². The fraction of sp³-hybridized carbons (Fsp3) is 0.600. The lowest BCUT2D eigenvalue weighted by molar-refractivity contribution is -0.0791. The zero-order valence-electron chi connectivity index (χ0n) is 11.9.